The number of rotatable bonds is 6. The van der Waals surface area contributed by atoms with E-state index >= 15 is 0 Å². The molecular weight excluding hydrogens is 302 g/mol. The average molecular weight is 333 g/mol. The van der Waals surface area contributed by atoms with Crippen molar-refractivity contribution in [3.05, 3.63) is 30.3 Å². The fourth-order valence-electron chi connectivity index (χ4n) is 3.97. The molecule has 3 rings (SSSR count). The molecule has 0 spiro atoms. The van der Waals surface area contributed by atoms with Crippen LogP contribution in [0, 0.1) is 0 Å². The summed E-state index contributed by atoms with van der Waals surface area (Å²) in [6, 6.07) is 10.8. The molecule has 24 heavy (non-hydrogen) atoms. The van der Waals surface area contributed by atoms with Crippen molar-refractivity contribution in [3.8, 4) is 0 Å². The molecule has 4 unspecified atom stereocenters. The van der Waals surface area contributed by atoms with Gasteiger partial charge in [0, 0.05) is 51.0 Å². The van der Waals surface area contributed by atoms with Gasteiger partial charge >= 0.3 is 0 Å². The van der Waals surface area contributed by atoms with Gasteiger partial charge in [0.1, 0.15) is 0 Å². The van der Waals surface area contributed by atoms with E-state index in [1.165, 1.54) is 5.69 Å². The highest BCUT2D eigenvalue weighted by Gasteiger charge is 2.27. The van der Waals surface area contributed by atoms with Crippen LogP contribution in [0.5, 0.6) is 0 Å². The number of morpholine rings is 1. The highest BCUT2D eigenvalue weighted by atomic mass is 16.5. The lowest BCUT2D eigenvalue weighted by molar-refractivity contribution is -0.0777. The van der Waals surface area contributed by atoms with Gasteiger partial charge in [-0.1, -0.05) is 18.2 Å². The van der Waals surface area contributed by atoms with E-state index < -0.39 is 0 Å². The molecule has 0 aromatic heterocycles. The number of likely N-dealkylation sites (tertiary alicyclic amines) is 1. The first-order valence-electron chi connectivity index (χ1n) is 9.18. The second-order valence-electron chi connectivity index (χ2n) is 7.39. The van der Waals surface area contributed by atoms with Crippen LogP contribution >= 0.6 is 0 Å². The van der Waals surface area contributed by atoms with Crippen molar-refractivity contribution in [2.75, 3.05) is 44.6 Å². The van der Waals surface area contributed by atoms with E-state index in [-0.39, 0.29) is 18.3 Å². The first-order valence-corrected chi connectivity index (χ1v) is 9.18. The molecule has 2 N–H and O–H groups in total. The van der Waals surface area contributed by atoms with Gasteiger partial charge in [0.05, 0.1) is 18.3 Å². The van der Waals surface area contributed by atoms with Crippen LogP contribution in [0.1, 0.15) is 20.3 Å². The van der Waals surface area contributed by atoms with Crippen LogP contribution in [0.3, 0.4) is 0 Å². The van der Waals surface area contributed by atoms with Crippen molar-refractivity contribution in [1.29, 1.82) is 0 Å². The molecule has 0 saturated carbocycles. The lowest BCUT2D eigenvalue weighted by atomic mass is 10.2. The van der Waals surface area contributed by atoms with E-state index in [9.17, 15) is 5.11 Å². The zero-order valence-electron chi connectivity index (χ0n) is 14.9. The Morgan fingerprint density at radius 1 is 1.08 bits per heavy atom. The Morgan fingerprint density at radius 3 is 2.46 bits per heavy atom. The minimum absolute atomic E-state index is 0.257. The zero-order valence-corrected chi connectivity index (χ0v) is 14.9. The molecule has 0 amide bonds. The van der Waals surface area contributed by atoms with Crippen LogP contribution in [0.15, 0.2) is 30.3 Å². The molecule has 0 bridgehead atoms. The molecule has 2 saturated heterocycles. The Hall–Kier alpha value is -1.14. The van der Waals surface area contributed by atoms with Gasteiger partial charge in [-0.3, -0.25) is 9.80 Å². The number of β-amino-alcohol motifs (C(OH)–C–C–N with tert-alkyl or cyclic N) is 1. The minimum Gasteiger partial charge on any atom is -0.390 e. The smallest absolute Gasteiger partial charge is 0.0793 e. The maximum Gasteiger partial charge on any atom is 0.0793 e. The van der Waals surface area contributed by atoms with Crippen molar-refractivity contribution in [1.82, 2.24) is 9.80 Å². The molecule has 5 heteroatoms. The number of nitrogens with zero attached hydrogens (tertiary/aromatic N) is 2. The number of nitrogens with one attached hydrogen (secondary N) is 1. The monoisotopic (exact) mass is 333 g/mol. The van der Waals surface area contributed by atoms with Crippen LogP contribution in [-0.4, -0.2) is 78.5 Å². The fourth-order valence-corrected chi connectivity index (χ4v) is 3.97. The fraction of sp³-hybridized carbons (Fsp3) is 0.684. The minimum atomic E-state index is -0.294. The van der Waals surface area contributed by atoms with Gasteiger partial charge in [0.25, 0.3) is 0 Å². The number of ether oxygens (including phenoxy) is 1. The molecule has 0 aliphatic carbocycles. The predicted molar refractivity (Wildman–Crippen MR) is 97.4 cm³/mol. The molecule has 5 nitrogen and oxygen atoms in total. The van der Waals surface area contributed by atoms with Crippen LogP contribution in [0.25, 0.3) is 0 Å². The molecule has 0 radical (unpaired) electrons. The Balaban J connectivity index is 1.40. The van der Waals surface area contributed by atoms with Gasteiger partial charge in [-0.2, -0.15) is 0 Å². The molecule has 2 fully saturated rings. The number of para-hydroxylation sites is 1. The SMILES string of the molecule is CC1CN(CC(O)CN2CCC(Nc3ccccc3)C2)CC(C)O1. The maximum absolute atomic E-state index is 10.5. The van der Waals surface area contributed by atoms with Gasteiger partial charge in [-0.15, -0.1) is 0 Å². The third-order valence-electron chi connectivity index (χ3n) is 4.85. The van der Waals surface area contributed by atoms with Crippen LogP contribution in [-0.2, 0) is 4.74 Å². The standard InChI is InChI=1S/C19H31N3O2/c1-15-10-22(11-16(2)24-15)14-19(23)13-21-9-8-18(12-21)20-17-6-4-3-5-7-17/h3-7,15-16,18-20,23H,8-14H2,1-2H3. The summed E-state index contributed by atoms with van der Waals surface area (Å²) in [6.45, 7) is 9.60. The molecule has 2 aliphatic heterocycles. The van der Waals surface area contributed by atoms with E-state index in [1.807, 2.05) is 6.07 Å². The lowest BCUT2D eigenvalue weighted by Gasteiger charge is -2.36. The summed E-state index contributed by atoms with van der Waals surface area (Å²) in [5.41, 5.74) is 1.18. The molecule has 1 aromatic rings. The Labute approximate surface area is 145 Å². The van der Waals surface area contributed by atoms with Gasteiger partial charge < -0.3 is 15.2 Å². The van der Waals surface area contributed by atoms with Crippen molar-refractivity contribution >= 4 is 5.69 Å². The lowest BCUT2D eigenvalue weighted by Crippen LogP contribution is -2.49. The van der Waals surface area contributed by atoms with E-state index in [1.54, 1.807) is 0 Å². The van der Waals surface area contributed by atoms with Crippen LogP contribution < -0.4 is 5.32 Å². The molecular formula is C19H31N3O2. The highest BCUT2D eigenvalue weighted by molar-refractivity contribution is 5.43. The Kier molecular flexibility index (Phi) is 6.11. The third-order valence-corrected chi connectivity index (χ3v) is 4.85. The summed E-state index contributed by atoms with van der Waals surface area (Å²) in [5, 5.41) is 14.1. The highest BCUT2D eigenvalue weighted by Crippen LogP contribution is 2.16. The van der Waals surface area contributed by atoms with E-state index in [4.69, 9.17) is 4.74 Å². The zero-order chi connectivity index (χ0) is 16.9. The number of hydrogen-bond acceptors (Lipinski definition) is 5. The first kappa shape index (κ1) is 17.7. The second-order valence-corrected chi connectivity index (χ2v) is 7.39. The number of aliphatic hydroxyl groups excluding tert-OH is 1. The van der Waals surface area contributed by atoms with E-state index in [0.29, 0.717) is 6.04 Å². The third kappa shape index (κ3) is 5.18. The Morgan fingerprint density at radius 2 is 1.75 bits per heavy atom. The van der Waals surface area contributed by atoms with E-state index in [0.717, 1.165) is 45.7 Å². The normalized spacial score (nSPS) is 30.4. The van der Waals surface area contributed by atoms with Gasteiger partial charge in [0.15, 0.2) is 0 Å². The average Bonchev–Trinajstić information content (AvgIpc) is 2.94. The summed E-state index contributed by atoms with van der Waals surface area (Å²) in [4.78, 5) is 4.71. The van der Waals surface area contributed by atoms with Gasteiger partial charge in [0.2, 0.25) is 0 Å². The number of aliphatic hydroxyl groups is 1. The maximum atomic E-state index is 10.5. The van der Waals surface area contributed by atoms with Crippen molar-refractivity contribution in [2.24, 2.45) is 0 Å². The topological polar surface area (TPSA) is 48.0 Å². The summed E-state index contributed by atoms with van der Waals surface area (Å²) in [6.07, 6.45) is 1.35. The Bertz CT molecular complexity index is 489. The van der Waals surface area contributed by atoms with Crippen molar-refractivity contribution in [3.63, 3.8) is 0 Å². The largest absolute Gasteiger partial charge is 0.390 e. The summed E-state index contributed by atoms with van der Waals surface area (Å²) >= 11 is 0. The first-order chi connectivity index (χ1) is 11.6. The summed E-state index contributed by atoms with van der Waals surface area (Å²) in [7, 11) is 0. The van der Waals surface area contributed by atoms with Gasteiger partial charge in [-0.25, -0.2) is 0 Å². The second kappa shape index (κ2) is 8.30. The van der Waals surface area contributed by atoms with Crippen molar-refractivity contribution < 1.29 is 9.84 Å². The van der Waals surface area contributed by atoms with Crippen LogP contribution in [0.4, 0.5) is 5.69 Å². The van der Waals surface area contributed by atoms with E-state index in [2.05, 4.69) is 53.2 Å². The van der Waals surface area contributed by atoms with Gasteiger partial charge in [-0.05, 0) is 32.4 Å². The molecule has 2 heterocycles. The molecule has 4 atom stereocenters. The molecule has 1 aromatic carbocycles. The molecule has 2 aliphatic rings. The number of hydrogen-bond donors (Lipinski definition) is 2. The van der Waals surface area contributed by atoms with Crippen molar-refractivity contribution in [2.45, 2.75) is 44.6 Å². The molecule has 134 valence electrons. The predicted octanol–water partition coefficient (Wildman–Crippen LogP) is 1.64. The number of anilines is 1. The van der Waals surface area contributed by atoms with Crippen LogP contribution in [0.2, 0.25) is 0 Å². The number of benzene rings is 1. The quantitative estimate of drug-likeness (QED) is 0.829. The summed E-state index contributed by atoms with van der Waals surface area (Å²) < 4.78 is 5.76. The summed E-state index contributed by atoms with van der Waals surface area (Å²) in [5.74, 6) is 0.